The van der Waals surface area contributed by atoms with Crippen molar-refractivity contribution < 1.29 is 14.4 Å². The summed E-state index contributed by atoms with van der Waals surface area (Å²) < 4.78 is 1.55. The van der Waals surface area contributed by atoms with E-state index in [-0.39, 0.29) is 24.1 Å². The second kappa shape index (κ2) is 9.75. The number of amides is 2. The van der Waals surface area contributed by atoms with Gasteiger partial charge in [-0.15, -0.1) is 0 Å². The molecule has 4 heterocycles. The number of aryl methyl sites for hydroxylation is 1. The average molecular weight is 519 g/mol. The van der Waals surface area contributed by atoms with Crippen LogP contribution in [0.25, 0.3) is 32.9 Å². The normalized spacial score (nSPS) is 14.8. The van der Waals surface area contributed by atoms with Crippen molar-refractivity contribution in [3.05, 3.63) is 84.3 Å². The Kier molecular flexibility index (Phi) is 6.11. The van der Waals surface area contributed by atoms with Gasteiger partial charge in [0.1, 0.15) is 24.1 Å². The molecule has 2 aromatic carbocycles. The highest BCUT2D eigenvalue weighted by Crippen LogP contribution is 2.29. The van der Waals surface area contributed by atoms with Gasteiger partial charge in [-0.3, -0.25) is 24.0 Å². The van der Waals surface area contributed by atoms with Crippen LogP contribution in [0, 0.1) is 6.92 Å². The number of aromatic nitrogens is 4. The van der Waals surface area contributed by atoms with Gasteiger partial charge in [-0.05, 0) is 60.9 Å². The fourth-order valence-corrected chi connectivity index (χ4v) is 4.98. The summed E-state index contributed by atoms with van der Waals surface area (Å²) in [5.74, 6) is -0.225. The Morgan fingerprint density at radius 2 is 1.82 bits per heavy atom. The molecule has 0 spiro atoms. The summed E-state index contributed by atoms with van der Waals surface area (Å²) in [6.45, 7) is 3.72. The maximum atomic E-state index is 13.2. The molecule has 39 heavy (non-hydrogen) atoms. The Balaban J connectivity index is 1.25. The third-order valence-corrected chi connectivity index (χ3v) is 7.09. The molecule has 194 valence electrons. The third-order valence-electron chi connectivity index (χ3n) is 7.09. The number of hydrogen-bond acceptors (Lipinski definition) is 6. The number of likely N-dealkylation sites (tertiary alicyclic amines) is 1. The van der Waals surface area contributed by atoms with E-state index < -0.39 is 6.04 Å². The van der Waals surface area contributed by atoms with E-state index in [0.29, 0.717) is 35.4 Å². The maximum Gasteiger partial charge on any atom is 0.248 e. The summed E-state index contributed by atoms with van der Waals surface area (Å²) in [5, 5.41) is 9.02. The van der Waals surface area contributed by atoms with Crippen molar-refractivity contribution in [2.45, 2.75) is 32.9 Å². The quantitative estimate of drug-likeness (QED) is 0.334. The van der Waals surface area contributed by atoms with Crippen LogP contribution in [0.2, 0.25) is 0 Å². The van der Waals surface area contributed by atoms with Gasteiger partial charge in [0.05, 0.1) is 11.0 Å². The van der Waals surface area contributed by atoms with Crippen LogP contribution < -0.4 is 5.32 Å². The molecule has 0 aliphatic carbocycles. The standard InChI is InChI=1S/C30H26N6O3/c1-18-5-3-7-27(32-18)33-30(39)26-12-14-35(26)28(38)17-36-25-11-10-21(15-23(25)29(34-36)19(2)37)22-9-8-20-6-4-13-31-24(20)16-22/h3-11,13,15-16,26H,12,14,17H2,1-2H3,(H,32,33,39). The molecular weight excluding hydrogens is 492 g/mol. The molecule has 0 saturated carbocycles. The van der Waals surface area contributed by atoms with Crippen LogP contribution in [0.5, 0.6) is 0 Å². The molecule has 9 heteroatoms. The number of pyridine rings is 2. The van der Waals surface area contributed by atoms with E-state index in [4.69, 9.17) is 0 Å². The minimum atomic E-state index is -0.568. The molecule has 0 bridgehead atoms. The minimum absolute atomic E-state index is 0.0739. The fourth-order valence-electron chi connectivity index (χ4n) is 4.98. The van der Waals surface area contributed by atoms with Gasteiger partial charge in [-0.2, -0.15) is 5.10 Å². The smallest absolute Gasteiger partial charge is 0.248 e. The van der Waals surface area contributed by atoms with Crippen LogP contribution in [-0.2, 0) is 16.1 Å². The van der Waals surface area contributed by atoms with Gasteiger partial charge < -0.3 is 10.2 Å². The van der Waals surface area contributed by atoms with E-state index in [0.717, 1.165) is 27.7 Å². The minimum Gasteiger partial charge on any atom is -0.329 e. The van der Waals surface area contributed by atoms with Gasteiger partial charge in [-0.1, -0.05) is 30.3 Å². The van der Waals surface area contributed by atoms with Crippen molar-refractivity contribution in [2.24, 2.45) is 0 Å². The summed E-state index contributed by atoms with van der Waals surface area (Å²) >= 11 is 0. The Hall–Kier alpha value is -4.92. The zero-order valence-electron chi connectivity index (χ0n) is 21.6. The number of carbonyl (C=O) groups is 3. The van der Waals surface area contributed by atoms with Gasteiger partial charge in [0.15, 0.2) is 5.78 Å². The number of hydrogen-bond donors (Lipinski definition) is 1. The number of fused-ring (bicyclic) bond motifs is 2. The van der Waals surface area contributed by atoms with Gasteiger partial charge >= 0.3 is 0 Å². The predicted molar refractivity (Wildman–Crippen MR) is 148 cm³/mol. The molecule has 2 amide bonds. The Bertz CT molecular complexity index is 1780. The number of ketones is 1. The lowest BCUT2D eigenvalue weighted by atomic mass is 10.0. The second-order valence-electron chi connectivity index (χ2n) is 9.75. The molecule has 6 rings (SSSR count). The van der Waals surface area contributed by atoms with Crippen molar-refractivity contribution in [3.8, 4) is 11.1 Å². The Labute approximate surface area is 224 Å². The number of nitrogens with one attached hydrogen (secondary N) is 1. The molecular formula is C30H26N6O3. The SMILES string of the molecule is CC(=O)c1nn(CC(=O)N2CCC2C(=O)Nc2cccc(C)n2)c2ccc(-c3ccc4cccnc4c3)cc12. The van der Waals surface area contributed by atoms with E-state index in [1.54, 1.807) is 21.8 Å². The average Bonchev–Trinajstić information content (AvgIpc) is 3.25. The molecule has 5 aromatic rings. The summed E-state index contributed by atoms with van der Waals surface area (Å²) in [4.78, 5) is 48.8. The molecule has 1 fully saturated rings. The summed E-state index contributed by atoms with van der Waals surface area (Å²) in [6.07, 6.45) is 2.34. The molecule has 3 aromatic heterocycles. The number of anilines is 1. The molecule has 1 saturated heterocycles. The number of rotatable bonds is 6. The van der Waals surface area contributed by atoms with Gasteiger partial charge in [0.25, 0.3) is 0 Å². The first-order valence-electron chi connectivity index (χ1n) is 12.8. The van der Waals surface area contributed by atoms with Crippen molar-refractivity contribution in [1.82, 2.24) is 24.6 Å². The second-order valence-corrected chi connectivity index (χ2v) is 9.75. The third kappa shape index (κ3) is 4.63. The number of carbonyl (C=O) groups excluding carboxylic acids is 3. The lowest BCUT2D eigenvalue weighted by molar-refractivity contribution is -0.145. The highest BCUT2D eigenvalue weighted by Gasteiger charge is 2.38. The Morgan fingerprint density at radius 1 is 1.00 bits per heavy atom. The zero-order chi connectivity index (χ0) is 27.1. The first kappa shape index (κ1) is 24.4. The molecule has 1 unspecified atom stereocenters. The van der Waals surface area contributed by atoms with Crippen LogP contribution in [0.1, 0.15) is 29.5 Å². The van der Waals surface area contributed by atoms with Crippen LogP contribution in [-0.4, -0.2) is 54.8 Å². The highest BCUT2D eigenvalue weighted by atomic mass is 16.2. The van der Waals surface area contributed by atoms with E-state index >= 15 is 0 Å². The van der Waals surface area contributed by atoms with E-state index in [9.17, 15) is 14.4 Å². The van der Waals surface area contributed by atoms with Gasteiger partial charge in [0.2, 0.25) is 11.8 Å². The highest BCUT2D eigenvalue weighted by molar-refractivity contribution is 6.06. The largest absolute Gasteiger partial charge is 0.329 e. The predicted octanol–water partition coefficient (Wildman–Crippen LogP) is 4.40. The van der Waals surface area contributed by atoms with Crippen LogP contribution in [0.4, 0.5) is 5.82 Å². The number of benzene rings is 2. The maximum absolute atomic E-state index is 13.2. The molecule has 1 N–H and O–H groups in total. The van der Waals surface area contributed by atoms with E-state index in [1.807, 2.05) is 67.6 Å². The number of Topliss-reactive ketones (excluding diaryl/α,β-unsaturated/α-hetero) is 1. The molecule has 9 nitrogen and oxygen atoms in total. The van der Waals surface area contributed by atoms with Crippen molar-refractivity contribution >= 4 is 45.2 Å². The first-order chi connectivity index (χ1) is 18.9. The number of nitrogens with zero attached hydrogens (tertiary/aromatic N) is 5. The summed E-state index contributed by atoms with van der Waals surface area (Å²) in [5.41, 5.74) is 4.56. The van der Waals surface area contributed by atoms with Gasteiger partial charge in [-0.25, -0.2) is 4.98 Å². The fraction of sp³-hybridized carbons (Fsp3) is 0.200. The van der Waals surface area contributed by atoms with Crippen molar-refractivity contribution in [1.29, 1.82) is 0 Å². The summed E-state index contributed by atoms with van der Waals surface area (Å²) in [7, 11) is 0. The molecule has 1 aliphatic heterocycles. The summed E-state index contributed by atoms with van der Waals surface area (Å²) in [6, 6.07) is 20.5. The van der Waals surface area contributed by atoms with Crippen LogP contribution >= 0.6 is 0 Å². The lowest BCUT2D eigenvalue weighted by Crippen LogP contribution is -2.57. The van der Waals surface area contributed by atoms with E-state index in [2.05, 4.69) is 20.4 Å². The van der Waals surface area contributed by atoms with Crippen LogP contribution in [0.3, 0.4) is 0 Å². The topological polar surface area (TPSA) is 110 Å². The molecule has 0 radical (unpaired) electrons. The van der Waals surface area contributed by atoms with Crippen molar-refractivity contribution in [3.63, 3.8) is 0 Å². The van der Waals surface area contributed by atoms with Gasteiger partial charge in [0, 0.05) is 36.1 Å². The van der Waals surface area contributed by atoms with E-state index in [1.165, 1.54) is 6.92 Å². The van der Waals surface area contributed by atoms with Crippen molar-refractivity contribution in [2.75, 3.05) is 11.9 Å². The molecule has 1 atom stereocenters. The lowest BCUT2D eigenvalue weighted by Gasteiger charge is -2.39. The zero-order valence-corrected chi connectivity index (χ0v) is 21.6. The Morgan fingerprint density at radius 3 is 2.59 bits per heavy atom. The van der Waals surface area contributed by atoms with Crippen LogP contribution in [0.15, 0.2) is 72.9 Å². The first-order valence-corrected chi connectivity index (χ1v) is 12.8. The monoisotopic (exact) mass is 518 g/mol. The molecule has 1 aliphatic rings.